The van der Waals surface area contributed by atoms with Crippen molar-refractivity contribution in [3.63, 3.8) is 0 Å². The first kappa shape index (κ1) is 16.4. The zero-order chi connectivity index (χ0) is 12.9. The van der Waals surface area contributed by atoms with Gasteiger partial charge in [-0.25, -0.2) is 0 Å². The third-order valence-electron chi connectivity index (χ3n) is 1.90. The van der Waals surface area contributed by atoms with Crippen LogP contribution in [0, 0.1) is 0 Å². The monoisotopic (exact) mass is 285 g/mol. The molecule has 1 heterocycles. The lowest BCUT2D eigenvalue weighted by Gasteiger charge is -2.16. The van der Waals surface area contributed by atoms with Gasteiger partial charge in [0.25, 0.3) is 0 Å². The van der Waals surface area contributed by atoms with E-state index in [2.05, 4.69) is 26.5 Å². The molecule has 0 aromatic carbocycles. The standard InChI is InChI=1S/C8H8S.C5H11NS2/c1-2-4-6-8-9-7-5-3-1;1-3-6(4-2)5(7)8/h1-8H;3-4H2,1-2H3,(H,7,8). The molecular weight excluding hydrogens is 266 g/mol. The summed E-state index contributed by atoms with van der Waals surface area (Å²) in [4.78, 5) is 2.01. The molecule has 1 nitrogen and oxygen atoms in total. The molecule has 0 aliphatic rings. The lowest BCUT2D eigenvalue weighted by atomic mass is 10.5. The van der Waals surface area contributed by atoms with Crippen molar-refractivity contribution in [3.8, 4) is 0 Å². The Morgan fingerprint density at radius 3 is 1.71 bits per heavy atom. The van der Waals surface area contributed by atoms with Crippen molar-refractivity contribution >= 4 is 40.5 Å². The summed E-state index contributed by atoms with van der Waals surface area (Å²) in [7, 11) is 0. The van der Waals surface area contributed by atoms with Gasteiger partial charge in [0.15, 0.2) is 0 Å². The van der Waals surface area contributed by atoms with Gasteiger partial charge in [-0.3, -0.25) is 0 Å². The number of thiocarbonyl (C=S) groups is 1. The lowest BCUT2D eigenvalue weighted by Crippen LogP contribution is -2.24. The third-order valence-corrected chi connectivity index (χ3v) is 3.07. The van der Waals surface area contributed by atoms with E-state index >= 15 is 0 Å². The summed E-state index contributed by atoms with van der Waals surface area (Å²) in [6, 6.07) is 12.1. The number of rotatable bonds is 2. The summed E-state index contributed by atoms with van der Waals surface area (Å²) in [6.45, 7) is 6.04. The van der Waals surface area contributed by atoms with Gasteiger partial charge >= 0.3 is 0 Å². The van der Waals surface area contributed by atoms with Gasteiger partial charge in [-0.2, -0.15) is 11.3 Å². The maximum atomic E-state index is 4.81. The Hall–Kier alpha value is -0.580. The van der Waals surface area contributed by atoms with Crippen LogP contribution in [0.25, 0.3) is 0 Å². The molecule has 4 heteroatoms. The first-order chi connectivity index (χ1) is 8.22. The van der Waals surface area contributed by atoms with E-state index in [-0.39, 0.29) is 0 Å². The summed E-state index contributed by atoms with van der Waals surface area (Å²) in [6.07, 6.45) is 0. The highest BCUT2D eigenvalue weighted by Gasteiger charge is 1.96. The molecule has 0 unspecified atom stereocenters. The van der Waals surface area contributed by atoms with Gasteiger partial charge in [0.1, 0.15) is 4.32 Å². The van der Waals surface area contributed by atoms with Crippen molar-refractivity contribution in [2.75, 3.05) is 13.1 Å². The molecule has 0 N–H and O–H groups in total. The fourth-order valence-electron chi connectivity index (χ4n) is 0.978. The summed E-state index contributed by atoms with van der Waals surface area (Å²) in [5.41, 5.74) is 0. The minimum Gasteiger partial charge on any atom is -0.358 e. The van der Waals surface area contributed by atoms with Crippen LogP contribution < -0.4 is 0 Å². The van der Waals surface area contributed by atoms with Gasteiger partial charge in [0, 0.05) is 13.1 Å². The topological polar surface area (TPSA) is 3.24 Å². The molecule has 94 valence electrons. The zero-order valence-electron chi connectivity index (χ0n) is 10.2. The zero-order valence-corrected chi connectivity index (χ0v) is 12.8. The maximum Gasteiger partial charge on any atom is 0.133 e. The van der Waals surface area contributed by atoms with Crippen LogP contribution in [0.4, 0.5) is 0 Å². The summed E-state index contributed by atoms with van der Waals surface area (Å²) < 4.78 is 0.690. The number of nitrogens with zero attached hydrogens (tertiary/aromatic N) is 1. The average molecular weight is 286 g/mol. The van der Waals surface area contributed by atoms with E-state index in [1.807, 2.05) is 52.1 Å². The van der Waals surface area contributed by atoms with Crippen molar-refractivity contribution in [3.05, 3.63) is 47.2 Å². The van der Waals surface area contributed by atoms with Crippen LogP contribution in [0.5, 0.6) is 0 Å². The van der Waals surface area contributed by atoms with E-state index in [9.17, 15) is 0 Å². The van der Waals surface area contributed by atoms with Crippen LogP contribution in [0.2, 0.25) is 0 Å². The predicted octanol–water partition coefficient (Wildman–Crippen LogP) is 4.42. The molecule has 0 spiro atoms. The highest BCUT2D eigenvalue weighted by Crippen LogP contribution is 1.93. The number of hydrogen-bond acceptors (Lipinski definition) is 2. The molecule has 1 rings (SSSR count). The summed E-state index contributed by atoms with van der Waals surface area (Å²) in [5, 5.41) is 4.08. The van der Waals surface area contributed by atoms with E-state index in [4.69, 9.17) is 12.2 Å². The molecule has 1 aromatic heterocycles. The molecule has 0 atom stereocenters. The highest BCUT2D eigenvalue weighted by atomic mass is 32.1. The molecule has 0 aliphatic carbocycles. The van der Waals surface area contributed by atoms with Crippen molar-refractivity contribution in [1.82, 2.24) is 4.90 Å². The van der Waals surface area contributed by atoms with Gasteiger partial charge < -0.3 is 4.90 Å². The fourth-order valence-corrected chi connectivity index (χ4v) is 1.97. The Morgan fingerprint density at radius 2 is 1.41 bits per heavy atom. The van der Waals surface area contributed by atoms with Crippen LogP contribution in [0.15, 0.2) is 47.2 Å². The van der Waals surface area contributed by atoms with E-state index in [0.29, 0.717) is 4.32 Å². The van der Waals surface area contributed by atoms with Crippen LogP contribution in [0.1, 0.15) is 13.8 Å². The SMILES string of the molecule is CCN(CC)C(=S)S.c1ccccsccc1. The molecule has 0 amide bonds. The van der Waals surface area contributed by atoms with Gasteiger partial charge in [0.2, 0.25) is 0 Å². The first-order valence-electron chi connectivity index (χ1n) is 5.50. The molecule has 0 fully saturated rings. The van der Waals surface area contributed by atoms with Crippen LogP contribution in [0.3, 0.4) is 0 Å². The smallest absolute Gasteiger partial charge is 0.133 e. The van der Waals surface area contributed by atoms with Crippen molar-refractivity contribution in [2.45, 2.75) is 13.8 Å². The second-order valence-electron chi connectivity index (χ2n) is 3.02. The lowest BCUT2D eigenvalue weighted by molar-refractivity contribution is 0.482. The molecule has 17 heavy (non-hydrogen) atoms. The molecular formula is C13H19NS3. The molecule has 0 aliphatic heterocycles. The summed E-state index contributed by atoms with van der Waals surface area (Å²) in [5.74, 6) is 0. The molecule has 0 saturated carbocycles. The Kier molecular flexibility index (Phi) is 11.5. The molecule has 0 saturated heterocycles. The van der Waals surface area contributed by atoms with Gasteiger partial charge in [0.05, 0.1) is 0 Å². The largest absolute Gasteiger partial charge is 0.358 e. The predicted molar refractivity (Wildman–Crippen MR) is 86.5 cm³/mol. The third kappa shape index (κ3) is 10.3. The Morgan fingerprint density at radius 1 is 1.00 bits per heavy atom. The Labute approximate surface area is 119 Å². The van der Waals surface area contributed by atoms with Crippen molar-refractivity contribution in [1.29, 1.82) is 0 Å². The first-order valence-corrected chi connectivity index (χ1v) is 7.30. The van der Waals surface area contributed by atoms with E-state index < -0.39 is 0 Å². The average Bonchev–Trinajstić information content (AvgIpc) is 2.46. The van der Waals surface area contributed by atoms with E-state index in [0.717, 1.165) is 13.1 Å². The van der Waals surface area contributed by atoms with Crippen molar-refractivity contribution in [2.24, 2.45) is 0 Å². The quantitative estimate of drug-likeness (QED) is 0.633. The van der Waals surface area contributed by atoms with Gasteiger partial charge in [-0.1, -0.05) is 48.6 Å². The van der Waals surface area contributed by atoms with Crippen LogP contribution in [-0.2, 0) is 0 Å². The van der Waals surface area contributed by atoms with Crippen LogP contribution in [-0.4, -0.2) is 22.3 Å². The number of hydrogen-bond donors (Lipinski definition) is 1. The highest BCUT2D eigenvalue weighted by molar-refractivity contribution is 8.10. The minimum absolute atomic E-state index is 0.690. The maximum absolute atomic E-state index is 4.81. The summed E-state index contributed by atoms with van der Waals surface area (Å²) >= 11 is 10.5. The Bertz CT molecular complexity index is 269. The van der Waals surface area contributed by atoms with Crippen LogP contribution >= 0.6 is 36.2 Å². The van der Waals surface area contributed by atoms with E-state index in [1.54, 1.807) is 11.3 Å². The van der Waals surface area contributed by atoms with E-state index in [1.165, 1.54) is 0 Å². The minimum atomic E-state index is 0.690. The normalized spacial score (nSPS) is 8.41. The Balaban J connectivity index is 0.000000304. The van der Waals surface area contributed by atoms with Crippen molar-refractivity contribution < 1.29 is 0 Å². The second kappa shape index (κ2) is 11.9. The van der Waals surface area contributed by atoms with Gasteiger partial charge in [-0.15, -0.1) is 12.6 Å². The molecule has 0 radical (unpaired) electrons. The number of thiol groups is 1. The second-order valence-corrected chi connectivity index (χ2v) is 4.95. The fraction of sp³-hybridized carbons (Fsp3) is 0.308. The molecule has 1 aromatic rings. The van der Waals surface area contributed by atoms with Gasteiger partial charge in [-0.05, 0) is 24.6 Å². The molecule has 0 bridgehead atoms.